The van der Waals surface area contributed by atoms with Gasteiger partial charge in [0.1, 0.15) is 0 Å². The van der Waals surface area contributed by atoms with Gasteiger partial charge in [-0.3, -0.25) is 14.5 Å². The minimum Gasteiger partial charge on any atom is -0.316 e. The molecule has 0 spiro atoms. The number of carbonyl (C=O) groups is 2. The van der Waals surface area contributed by atoms with Crippen LogP contribution in [0.1, 0.15) is 47.9 Å². The average molecular weight is 324 g/mol. The first-order valence-electron chi connectivity index (χ1n) is 8.47. The van der Waals surface area contributed by atoms with Crippen LogP contribution in [-0.4, -0.2) is 36.3 Å². The van der Waals surface area contributed by atoms with Crippen molar-refractivity contribution in [3.05, 3.63) is 47.5 Å². The van der Waals surface area contributed by atoms with Gasteiger partial charge in [0.15, 0.2) is 0 Å². The fourth-order valence-corrected chi connectivity index (χ4v) is 3.11. The molecule has 0 atom stereocenters. The zero-order chi connectivity index (χ0) is 17.3. The maximum Gasteiger partial charge on any atom is 0.261 e. The summed E-state index contributed by atoms with van der Waals surface area (Å²) in [5.41, 5.74) is 1.49. The molecule has 2 aromatic rings. The monoisotopic (exact) mass is 324 g/mol. The molecule has 4 heteroatoms. The lowest BCUT2D eigenvalue weighted by Crippen LogP contribution is -2.41. The van der Waals surface area contributed by atoms with Gasteiger partial charge >= 0.3 is 0 Å². The zero-order valence-corrected chi connectivity index (χ0v) is 14.6. The molecule has 0 aromatic heterocycles. The van der Waals surface area contributed by atoms with Crippen molar-refractivity contribution in [3.63, 3.8) is 0 Å². The summed E-state index contributed by atoms with van der Waals surface area (Å²) in [7, 11) is 0. The molecular formula is C20H24N2O2. The SMILES string of the molecule is CC(C)(C)CNCCCN1C(=O)c2cccc3cccc(c23)C1=O. The summed E-state index contributed by atoms with van der Waals surface area (Å²) in [6.07, 6.45) is 0.756. The molecule has 3 rings (SSSR count). The predicted octanol–water partition coefficient (Wildman–Crippen LogP) is 3.46. The maximum atomic E-state index is 12.7. The Hall–Kier alpha value is -2.20. The van der Waals surface area contributed by atoms with Crippen molar-refractivity contribution in [1.29, 1.82) is 0 Å². The van der Waals surface area contributed by atoms with Crippen molar-refractivity contribution in [1.82, 2.24) is 10.2 Å². The van der Waals surface area contributed by atoms with Crippen molar-refractivity contribution in [2.45, 2.75) is 27.2 Å². The molecule has 24 heavy (non-hydrogen) atoms. The molecule has 1 heterocycles. The molecule has 2 aromatic carbocycles. The van der Waals surface area contributed by atoms with Crippen molar-refractivity contribution < 1.29 is 9.59 Å². The summed E-state index contributed by atoms with van der Waals surface area (Å²) >= 11 is 0. The number of benzene rings is 2. The minimum atomic E-state index is -0.180. The second-order valence-electron chi connectivity index (χ2n) is 7.56. The lowest BCUT2D eigenvalue weighted by molar-refractivity contribution is 0.0608. The number of hydrogen-bond donors (Lipinski definition) is 1. The molecule has 1 aliphatic rings. The van der Waals surface area contributed by atoms with E-state index in [9.17, 15) is 9.59 Å². The van der Waals surface area contributed by atoms with E-state index in [1.165, 1.54) is 4.90 Å². The lowest BCUT2D eigenvalue weighted by Gasteiger charge is -2.27. The van der Waals surface area contributed by atoms with Gasteiger partial charge in [0.05, 0.1) is 0 Å². The second-order valence-corrected chi connectivity index (χ2v) is 7.56. The molecule has 0 radical (unpaired) electrons. The molecule has 0 aliphatic carbocycles. The van der Waals surface area contributed by atoms with E-state index in [-0.39, 0.29) is 17.2 Å². The molecule has 126 valence electrons. The highest BCUT2D eigenvalue weighted by Gasteiger charge is 2.31. The van der Waals surface area contributed by atoms with Crippen LogP contribution >= 0.6 is 0 Å². The molecule has 0 saturated carbocycles. The van der Waals surface area contributed by atoms with E-state index in [2.05, 4.69) is 26.1 Å². The minimum absolute atomic E-state index is 0.180. The number of imide groups is 1. The zero-order valence-electron chi connectivity index (χ0n) is 14.6. The van der Waals surface area contributed by atoms with Crippen molar-refractivity contribution in [2.75, 3.05) is 19.6 Å². The van der Waals surface area contributed by atoms with E-state index >= 15 is 0 Å². The van der Waals surface area contributed by atoms with E-state index < -0.39 is 0 Å². The third-order valence-electron chi connectivity index (χ3n) is 4.25. The van der Waals surface area contributed by atoms with E-state index in [0.29, 0.717) is 17.7 Å². The number of nitrogens with zero attached hydrogens (tertiary/aromatic N) is 1. The Bertz CT molecular complexity index is 739. The second kappa shape index (κ2) is 6.36. The van der Waals surface area contributed by atoms with Crippen LogP contribution in [0.4, 0.5) is 0 Å². The quantitative estimate of drug-likeness (QED) is 0.677. The number of nitrogens with one attached hydrogen (secondary N) is 1. The van der Waals surface area contributed by atoms with Gasteiger partial charge in [-0.2, -0.15) is 0 Å². The first-order valence-corrected chi connectivity index (χ1v) is 8.47. The maximum absolute atomic E-state index is 12.7. The van der Waals surface area contributed by atoms with Gasteiger partial charge in [-0.15, -0.1) is 0 Å². The average Bonchev–Trinajstić information content (AvgIpc) is 2.54. The fraction of sp³-hybridized carbons (Fsp3) is 0.400. The Labute approximate surface area is 142 Å². The van der Waals surface area contributed by atoms with Gasteiger partial charge in [0.2, 0.25) is 0 Å². The predicted molar refractivity (Wildman–Crippen MR) is 96.3 cm³/mol. The first-order chi connectivity index (χ1) is 11.4. The van der Waals surface area contributed by atoms with Crippen LogP contribution in [0.3, 0.4) is 0 Å². The van der Waals surface area contributed by atoms with E-state index in [1.807, 2.05) is 36.4 Å². The molecule has 0 unspecified atom stereocenters. The molecule has 2 amide bonds. The molecule has 4 nitrogen and oxygen atoms in total. The highest BCUT2D eigenvalue weighted by Crippen LogP contribution is 2.29. The third-order valence-corrected chi connectivity index (χ3v) is 4.25. The largest absolute Gasteiger partial charge is 0.316 e. The molecule has 0 bridgehead atoms. The normalized spacial score (nSPS) is 14.5. The van der Waals surface area contributed by atoms with E-state index in [4.69, 9.17) is 0 Å². The summed E-state index contributed by atoms with van der Waals surface area (Å²) in [4.78, 5) is 26.8. The van der Waals surface area contributed by atoms with Gasteiger partial charge in [0, 0.05) is 23.1 Å². The van der Waals surface area contributed by atoms with Crippen molar-refractivity contribution in [2.24, 2.45) is 5.41 Å². The number of hydrogen-bond acceptors (Lipinski definition) is 3. The van der Waals surface area contributed by atoms with Gasteiger partial charge in [0.25, 0.3) is 11.8 Å². The third kappa shape index (κ3) is 3.20. The molecule has 1 N–H and O–H groups in total. The van der Waals surface area contributed by atoms with Crippen molar-refractivity contribution in [3.8, 4) is 0 Å². The Morgan fingerprint density at radius 1 is 0.958 bits per heavy atom. The first kappa shape index (κ1) is 16.7. The summed E-state index contributed by atoms with van der Waals surface area (Å²) in [5, 5.41) is 5.12. The van der Waals surface area contributed by atoms with Gasteiger partial charge in [-0.25, -0.2) is 0 Å². The summed E-state index contributed by atoms with van der Waals surface area (Å²) in [6, 6.07) is 11.2. The Morgan fingerprint density at radius 3 is 2.08 bits per heavy atom. The van der Waals surface area contributed by atoms with Crippen LogP contribution < -0.4 is 5.32 Å². The molecule has 0 saturated heterocycles. The number of carbonyl (C=O) groups excluding carboxylic acids is 2. The van der Waals surface area contributed by atoms with Gasteiger partial charge in [-0.1, -0.05) is 45.0 Å². The van der Waals surface area contributed by atoms with E-state index in [0.717, 1.165) is 30.3 Å². The van der Waals surface area contributed by atoms with Crippen molar-refractivity contribution >= 4 is 22.6 Å². The highest BCUT2D eigenvalue weighted by molar-refractivity contribution is 6.25. The Morgan fingerprint density at radius 2 is 1.54 bits per heavy atom. The van der Waals surface area contributed by atoms with Crippen LogP contribution in [0.2, 0.25) is 0 Å². The van der Waals surface area contributed by atoms with Gasteiger partial charge < -0.3 is 5.32 Å². The summed E-state index contributed by atoms with van der Waals surface area (Å²) in [5.74, 6) is -0.361. The number of amides is 2. The fourth-order valence-electron chi connectivity index (χ4n) is 3.11. The van der Waals surface area contributed by atoms with Gasteiger partial charge in [-0.05, 0) is 42.4 Å². The lowest BCUT2D eigenvalue weighted by atomic mass is 9.94. The summed E-state index contributed by atoms with van der Waals surface area (Å²) < 4.78 is 0. The molecule has 1 aliphatic heterocycles. The van der Waals surface area contributed by atoms with Crippen LogP contribution in [0.5, 0.6) is 0 Å². The molecule has 0 fully saturated rings. The Kier molecular flexibility index (Phi) is 4.41. The topological polar surface area (TPSA) is 49.4 Å². The molecular weight excluding hydrogens is 300 g/mol. The summed E-state index contributed by atoms with van der Waals surface area (Å²) in [6.45, 7) is 8.68. The standard InChI is InChI=1S/C20H24N2O2/c1-20(2,3)13-21-11-6-12-22-18(23)15-9-4-7-14-8-5-10-16(17(14)15)19(22)24/h4-5,7-10,21H,6,11-13H2,1-3H3. The van der Waals surface area contributed by atoms with E-state index in [1.54, 1.807) is 0 Å². The van der Waals surface area contributed by atoms with Crippen LogP contribution in [-0.2, 0) is 0 Å². The number of rotatable bonds is 5. The van der Waals surface area contributed by atoms with Crippen LogP contribution in [0.15, 0.2) is 36.4 Å². The smallest absolute Gasteiger partial charge is 0.261 e. The van der Waals surface area contributed by atoms with Crippen LogP contribution in [0.25, 0.3) is 10.8 Å². The highest BCUT2D eigenvalue weighted by atomic mass is 16.2. The Balaban J connectivity index is 1.73. The van der Waals surface area contributed by atoms with Crippen LogP contribution in [0, 0.1) is 5.41 Å².